The third kappa shape index (κ3) is 3.25. The molecule has 1 aromatic heterocycles. The molecule has 1 atom stereocenters. The third-order valence-corrected chi connectivity index (χ3v) is 4.54. The van der Waals surface area contributed by atoms with Gasteiger partial charge >= 0.3 is 0 Å². The number of fused-ring (bicyclic) bond motifs is 2. The van der Waals surface area contributed by atoms with Crippen molar-refractivity contribution in [3.63, 3.8) is 0 Å². The quantitative estimate of drug-likeness (QED) is 0.842. The molecular formula is C18H23N3O3. The highest BCUT2D eigenvalue weighted by Crippen LogP contribution is 2.33. The number of imidazole rings is 1. The number of rotatable bonds is 5. The van der Waals surface area contributed by atoms with Gasteiger partial charge in [0.05, 0.1) is 13.2 Å². The number of ether oxygens (including phenoxy) is 3. The van der Waals surface area contributed by atoms with E-state index >= 15 is 0 Å². The van der Waals surface area contributed by atoms with Gasteiger partial charge in [0.1, 0.15) is 5.82 Å². The predicted octanol–water partition coefficient (Wildman–Crippen LogP) is 2.28. The van der Waals surface area contributed by atoms with Crippen LogP contribution in [-0.2, 0) is 24.4 Å². The van der Waals surface area contributed by atoms with E-state index in [0.29, 0.717) is 12.7 Å². The molecule has 2 aromatic rings. The molecular weight excluding hydrogens is 306 g/mol. The van der Waals surface area contributed by atoms with Gasteiger partial charge in [-0.05, 0) is 24.6 Å². The molecule has 0 fully saturated rings. The molecule has 4 rings (SSSR count). The third-order valence-electron chi connectivity index (χ3n) is 4.54. The lowest BCUT2D eigenvalue weighted by Crippen LogP contribution is -2.30. The minimum Gasteiger partial charge on any atom is -0.454 e. The van der Waals surface area contributed by atoms with Crippen LogP contribution in [0.1, 0.15) is 18.3 Å². The maximum atomic E-state index is 5.68. The zero-order valence-electron chi connectivity index (χ0n) is 14.0. The maximum Gasteiger partial charge on any atom is 0.231 e. The monoisotopic (exact) mass is 329 g/mol. The largest absolute Gasteiger partial charge is 0.454 e. The topological polar surface area (TPSA) is 48.8 Å². The van der Waals surface area contributed by atoms with Crippen molar-refractivity contribution >= 4 is 0 Å². The molecule has 0 aliphatic carbocycles. The van der Waals surface area contributed by atoms with E-state index in [2.05, 4.69) is 32.8 Å². The van der Waals surface area contributed by atoms with Crippen LogP contribution >= 0.6 is 0 Å². The van der Waals surface area contributed by atoms with Gasteiger partial charge in [-0.15, -0.1) is 0 Å². The van der Waals surface area contributed by atoms with E-state index in [1.807, 2.05) is 19.2 Å². The molecule has 0 spiro atoms. The van der Waals surface area contributed by atoms with Crippen molar-refractivity contribution in [3.8, 4) is 11.5 Å². The highest BCUT2D eigenvalue weighted by Gasteiger charge is 2.23. The van der Waals surface area contributed by atoms with E-state index < -0.39 is 0 Å². The molecule has 1 unspecified atom stereocenters. The van der Waals surface area contributed by atoms with Crippen LogP contribution in [0.3, 0.4) is 0 Å². The second kappa shape index (κ2) is 6.83. The molecule has 2 aliphatic rings. The first kappa shape index (κ1) is 15.5. The van der Waals surface area contributed by atoms with E-state index in [4.69, 9.17) is 14.2 Å². The summed E-state index contributed by atoms with van der Waals surface area (Å²) in [7, 11) is 0. The van der Waals surface area contributed by atoms with Gasteiger partial charge in [0.25, 0.3) is 0 Å². The molecule has 128 valence electrons. The number of nitrogens with zero attached hydrogens (tertiary/aromatic N) is 3. The van der Waals surface area contributed by atoms with Crippen LogP contribution in [-0.4, -0.2) is 41.0 Å². The van der Waals surface area contributed by atoms with Crippen molar-refractivity contribution in [2.75, 3.05) is 26.6 Å². The second-order valence-corrected chi connectivity index (χ2v) is 6.38. The Morgan fingerprint density at radius 3 is 3.08 bits per heavy atom. The number of hydrogen-bond acceptors (Lipinski definition) is 5. The molecule has 6 heteroatoms. The maximum absolute atomic E-state index is 5.68. The fourth-order valence-electron chi connectivity index (χ4n) is 3.43. The molecule has 0 radical (unpaired) electrons. The van der Waals surface area contributed by atoms with Crippen LogP contribution in [0.15, 0.2) is 30.6 Å². The molecule has 1 aromatic carbocycles. The molecule has 24 heavy (non-hydrogen) atoms. The van der Waals surface area contributed by atoms with E-state index in [0.717, 1.165) is 56.7 Å². The summed E-state index contributed by atoms with van der Waals surface area (Å²) >= 11 is 0. The van der Waals surface area contributed by atoms with Crippen molar-refractivity contribution in [1.82, 2.24) is 14.5 Å². The lowest BCUT2D eigenvalue weighted by atomic mass is 10.1. The number of aromatic nitrogens is 2. The Morgan fingerprint density at radius 2 is 2.17 bits per heavy atom. The minimum absolute atomic E-state index is 0.316. The van der Waals surface area contributed by atoms with E-state index in [1.54, 1.807) is 0 Å². The molecule has 0 bridgehead atoms. The first-order valence-electron chi connectivity index (χ1n) is 8.50. The molecule has 3 heterocycles. The van der Waals surface area contributed by atoms with Gasteiger partial charge in [-0.2, -0.15) is 0 Å². The van der Waals surface area contributed by atoms with Crippen molar-refractivity contribution in [2.45, 2.75) is 26.6 Å². The van der Waals surface area contributed by atoms with E-state index in [-0.39, 0.29) is 0 Å². The highest BCUT2D eigenvalue weighted by atomic mass is 16.7. The summed E-state index contributed by atoms with van der Waals surface area (Å²) in [4.78, 5) is 6.95. The van der Waals surface area contributed by atoms with Gasteiger partial charge in [0, 0.05) is 44.6 Å². The minimum atomic E-state index is 0.316. The number of hydrogen-bond donors (Lipinski definition) is 0. The summed E-state index contributed by atoms with van der Waals surface area (Å²) in [6.07, 6.45) is 3.95. The van der Waals surface area contributed by atoms with Crippen LogP contribution in [0.4, 0.5) is 0 Å². The summed E-state index contributed by atoms with van der Waals surface area (Å²) in [5.41, 5.74) is 1.23. The standard InChI is InChI=1S/C18H23N3O3/c1-2-22-12-15-9-20(11-18-19-5-6-21(18)10-15)8-14-3-4-16-17(7-14)24-13-23-16/h3-7,15H,2,8-13H2,1H3. The van der Waals surface area contributed by atoms with Crippen molar-refractivity contribution < 1.29 is 14.2 Å². The molecule has 6 nitrogen and oxygen atoms in total. The SMILES string of the molecule is CCOCC1CN(Cc2ccc3c(c2)OCO3)Cc2nccn2C1. The van der Waals surface area contributed by atoms with Gasteiger partial charge in [0.15, 0.2) is 11.5 Å². The molecule has 0 N–H and O–H groups in total. The Bertz CT molecular complexity index is 701. The van der Waals surface area contributed by atoms with Crippen LogP contribution < -0.4 is 9.47 Å². The zero-order valence-corrected chi connectivity index (χ0v) is 14.0. The molecule has 2 aliphatic heterocycles. The fourth-order valence-corrected chi connectivity index (χ4v) is 3.43. The van der Waals surface area contributed by atoms with Crippen LogP contribution in [0, 0.1) is 5.92 Å². The average Bonchev–Trinajstić information content (AvgIpc) is 3.18. The summed E-state index contributed by atoms with van der Waals surface area (Å²) in [5.74, 6) is 3.26. The summed E-state index contributed by atoms with van der Waals surface area (Å²) < 4.78 is 18.8. The van der Waals surface area contributed by atoms with Gasteiger partial charge in [-0.3, -0.25) is 4.90 Å². The number of benzene rings is 1. The van der Waals surface area contributed by atoms with Gasteiger partial charge in [-0.25, -0.2) is 4.98 Å². The van der Waals surface area contributed by atoms with Crippen LogP contribution in [0.25, 0.3) is 0 Å². The Morgan fingerprint density at radius 1 is 1.25 bits per heavy atom. The normalized spacial score (nSPS) is 20.0. The van der Waals surface area contributed by atoms with E-state index in [1.165, 1.54) is 5.56 Å². The zero-order chi connectivity index (χ0) is 16.4. The first-order valence-corrected chi connectivity index (χ1v) is 8.50. The van der Waals surface area contributed by atoms with Crippen LogP contribution in [0.5, 0.6) is 11.5 Å². The smallest absolute Gasteiger partial charge is 0.231 e. The highest BCUT2D eigenvalue weighted by molar-refractivity contribution is 5.44. The van der Waals surface area contributed by atoms with E-state index in [9.17, 15) is 0 Å². The van der Waals surface area contributed by atoms with Crippen LogP contribution in [0.2, 0.25) is 0 Å². The van der Waals surface area contributed by atoms with Crippen molar-refractivity contribution in [2.24, 2.45) is 5.92 Å². The molecule has 0 amide bonds. The second-order valence-electron chi connectivity index (χ2n) is 6.38. The lowest BCUT2D eigenvalue weighted by molar-refractivity contribution is 0.0851. The van der Waals surface area contributed by atoms with Gasteiger partial charge < -0.3 is 18.8 Å². The Hall–Kier alpha value is -2.05. The Balaban J connectivity index is 1.50. The van der Waals surface area contributed by atoms with Gasteiger partial charge in [-0.1, -0.05) is 6.07 Å². The molecule has 0 saturated heterocycles. The average molecular weight is 329 g/mol. The predicted molar refractivity (Wildman–Crippen MR) is 88.9 cm³/mol. The summed E-state index contributed by atoms with van der Waals surface area (Å²) in [6.45, 7) is 7.59. The Kier molecular flexibility index (Phi) is 4.40. The lowest BCUT2D eigenvalue weighted by Gasteiger charge is -2.23. The van der Waals surface area contributed by atoms with Crippen molar-refractivity contribution in [3.05, 3.63) is 42.0 Å². The summed E-state index contributed by atoms with van der Waals surface area (Å²) in [6, 6.07) is 6.19. The first-order chi connectivity index (χ1) is 11.8. The fraction of sp³-hybridized carbons (Fsp3) is 0.500. The summed E-state index contributed by atoms with van der Waals surface area (Å²) in [5, 5.41) is 0. The molecule has 0 saturated carbocycles. The van der Waals surface area contributed by atoms with Gasteiger partial charge in [0.2, 0.25) is 6.79 Å². The van der Waals surface area contributed by atoms with Crippen molar-refractivity contribution in [1.29, 1.82) is 0 Å². The Labute approximate surface area is 142 Å².